The Balaban J connectivity index is 0.848. The average molecular weight is 1020 g/mol. The van der Waals surface area contributed by atoms with Gasteiger partial charge in [-0.1, -0.05) is 88.6 Å². The Morgan fingerprint density at radius 1 is 0.447 bits per heavy atom. The fourth-order valence-electron chi connectivity index (χ4n) is 10.2. The number of aromatic nitrogens is 1. The molecule has 0 aliphatic rings. The van der Waals surface area contributed by atoms with Crippen molar-refractivity contribution in [2.75, 3.05) is 9.80 Å². The largest absolute Gasteiger partial charge is 0.436 e. The highest BCUT2D eigenvalue weighted by molar-refractivity contribution is 7.99. The molecule has 76 heavy (non-hydrogen) atoms. The molecule has 0 saturated carbocycles. The number of oxazole rings is 1. The predicted molar refractivity (Wildman–Crippen MR) is 312 cm³/mol. The van der Waals surface area contributed by atoms with E-state index in [0.717, 1.165) is 88.2 Å². The molecule has 0 amide bonds. The van der Waals surface area contributed by atoms with Crippen molar-refractivity contribution in [3.05, 3.63) is 234 Å². The first kappa shape index (κ1) is 49.5. The molecule has 11 aromatic rings. The van der Waals surface area contributed by atoms with Crippen LogP contribution < -0.4 is 21.1 Å². The van der Waals surface area contributed by atoms with Gasteiger partial charge in [-0.25, -0.2) is 14.6 Å². The second-order valence-electron chi connectivity index (χ2n) is 20.1. The first-order valence-corrected chi connectivity index (χ1v) is 26.2. The molecule has 0 spiro atoms. The summed E-state index contributed by atoms with van der Waals surface area (Å²) in [6.07, 6.45) is 0. The summed E-state index contributed by atoms with van der Waals surface area (Å²) >= 11 is 1.55. The quantitative estimate of drug-likeness (QED) is 0.0925. The second kappa shape index (κ2) is 19.8. The normalized spacial score (nSPS) is 11.8. The Kier molecular flexibility index (Phi) is 12.9. The van der Waals surface area contributed by atoms with E-state index >= 15 is 0 Å². The highest BCUT2D eigenvalue weighted by atomic mass is 32.2. The molecule has 0 aliphatic carbocycles. The number of fused-ring (bicyclic) bond motifs is 3. The van der Waals surface area contributed by atoms with E-state index in [2.05, 4.69) is 144 Å². The van der Waals surface area contributed by atoms with E-state index in [9.17, 15) is 9.59 Å². The van der Waals surface area contributed by atoms with Crippen LogP contribution in [-0.4, -0.2) is 10.7 Å². The number of hydrogen-bond donors (Lipinski definition) is 0. The lowest BCUT2D eigenvalue weighted by Gasteiger charge is -2.29. The lowest BCUT2D eigenvalue weighted by atomic mass is 10.0. The van der Waals surface area contributed by atoms with Gasteiger partial charge < -0.3 is 23.1 Å². The maximum Gasteiger partial charge on any atom is 0.349 e. The van der Waals surface area contributed by atoms with Crippen LogP contribution in [0.2, 0.25) is 0 Å². The monoisotopic (exact) mass is 1020 g/mol. The maximum absolute atomic E-state index is 13.8. The van der Waals surface area contributed by atoms with Crippen LogP contribution in [0.1, 0.15) is 62.6 Å². The van der Waals surface area contributed by atoms with Crippen LogP contribution >= 0.6 is 11.8 Å². The lowest BCUT2D eigenvalue weighted by molar-refractivity contribution is 0.553. The minimum atomic E-state index is -0.543. The van der Waals surface area contributed by atoms with Gasteiger partial charge in [0.2, 0.25) is 5.89 Å². The van der Waals surface area contributed by atoms with Crippen molar-refractivity contribution in [2.24, 2.45) is 4.99 Å². The van der Waals surface area contributed by atoms with E-state index < -0.39 is 11.3 Å². The molecule has 0 bridgehead atoms. The molecule has 3 aromatic heterocycles. The summed E-state index contributed by atoms with van der Waals surface area (Å²) in [5, 5.41) is 1.54. The number of rotatable bonds is 11. The van der Waals surface area contributed by atoms with Gasteiger partial charge in [0.1, 0.15) is 22.2 Å². The topological polar surface area (TPSA) is 105 Å². The summed E-state index contributed by atoms with van der Waals surface area (Å²) in [5.41, 5.74) is 19.2. The van der Waals surface area contributed by atoms with E-state index in [1.807, 2.05) is 86.6 Å². The van der Waals surface area contributed by atoms with Crippen LogP contribution in [0.4, 0.5) is 39.8 Å². The third-order valence-electron chi connectivity index (χ3n) is 14.0. The zero-order valence-electron chi connectivity index (χ0n) is 44.2. The molecular formula is C66H56N4O5S. The standard InChI is InChI=1S/C66H56N4O5S/c1-37-11-22-57(42(6)27-37)69(58-23-12-38(2)28-43(58)7)49-18-16-47-31-53(65(71)74-62(47)33-49)46(10)67-55-35-51(20-15-41(55)5)76-52-21-26-61-56(36-52)68-64(73-61)54-32-48-17-19-50(34-63(48)75-66(54)72)70(59-24-13-39(3)29-44(59)8)60-25-14-40(4)30-45(60)9/h11-36H,1-10H3. The lowest BCUT2D eigenvalue weighted by Crippen LogP contribution is -2.14. The Labute approximate surface area is 445 Å². The van der Waals surface area contributed by atoms with Crippen molar-refractivity contribution >= 4 is 90.3 Å². The molecular weight excluding hydrogens is 961 g/mol. The molecule has 3 heterocycles. The van der Waals surface area contributed by atoms with Gasteiger partial charge in [-0.05, 0) is 188 Å². The molecule has 11 rings (SSSR count). The molecule has 0 aliphatic heterocycles. The van der Waals surface area contributed by atoms with Crippen LogP contribution in [0, 0.1) is 62.3 Å². The van der Waals surface area contributed by atoms with Gasteiger partial charge in [-0.3, -0.25) is 4.99 Å². The summed E-state index contributed by atoms with van der Waals surface area (Å²) in [6, 6.07) is 53.2. The summed E-state index contributed by atoms with van der Waals surface area (Å²) in [4.78, 5) is 43.7. The number of nitrogens with zero attached hydrogens (tertiary/aromatic N) is 4. The third kappa shape index (κ3) is 9.64. The molecule has 0 N–H and O–H groups in total. The number of anilines is 6. The molecule has 9 nitrogen and oxygen atoms in total. The summed E-state index contributed by atoms with van der Waals surface area (Å²) in [5.74, 6) is 0.182. The van der Waals surface area contributed by atoms with Crippen molar-refractivity contribution in [1.29, 1.82) is 0 Å². The van der Waals surface area contributed by atoms with E-state index in [-0.39, 0.29) is 11.5 Å². The minimum absolute atomic E-state index is 0.182. The molecule has 0 fully saturated rings. The molecule has 8 aromatic carbocycles. The van der Waals surface area contributed by atoms with Crippen molar-refractivity contribution in [3.8, 4) is 11.5 Å². The maximum atomic E-state index is 13.8. The zero-order valence-corrected chi connectivity index (χ0v) is 45.1. The van der Waals surface area contributed by atoms with Gasteiger partial charge >= 0.3 is 11.3 Å². The summed E-state index contributed by atoms with van der Waals surface area (Å²) < 4.78 is 18.3. The molecule has 0 radical (unpaired) electrons. The zero-order chi connectivity index (χ0) is 53.1. The van der Waals surface area contributed by atoms with Crippen molar-refractivity contribution < 1.29 is 13.3 Å². The molecule has 0 saturated heterocycles. The number of aryl methyl sites for hydroxylation is 9. The van der Waals surface area contributed by atoms with E-state index in [1.54, 1.807) is 17.8 Å². The second-order valence-corrected chi connectivity index (χ2v) is 21.2. The SMILES string of the molecule is CC(=Nc1cc(Sc2ccc3oc(-c4cc5ccc(N(c6ccc(C)cc6C)c6ccc(C)cc6C)cc5oc4=O)nc3c2)ccc1C)c1cc2ccc(N(c3ccc(C)cc3C)c3ccc(C)cc3C)cc2oc1=O. The fourth-order valence-corrected chi connectivity index (χ4v) is 11.0. The van der Waals surface area contributed by atoms with Crippen molar-refractivity contribution in [2.45, 2.75) is 79.0 Å². The number of benzene rings is 8. The van der Waals surface area contributed by atoms with E-state index in [1.165, 1.54) is 22.3 Å². The van der Waals surface area contributed by atoms with Crippen LogP contribution in [0.3, 0.4) is 0 Å². The van der Waals surface area contributed by atoms with Gasteiger partial charge in [0.05, 0.1) is 17.0 Å². The van der Waals surface area contributed by atoms with Gasteiger partial charge in [-0.15, -0.1) is 0 Å². The average Bonchev–Trinajstić information content (AvgIpc) is 3.81. The highest BCUT2D eigenvalue weighted by Crippen LogP contribution is 2.42. The molecule has 376 valence electrons. The number of aliphatic imine (C=N–C) groups is 1. The Bertz CT molecular complexity index is 4190. The molecule has 0 unspecified atom stereocenters. The van der Waals surface area contributed by atoms with Gasteiger partial charge in [0.25, 0.3) is 0 Å². The van der Waals surface area contributed by atoms with Gasteiger partial charge in [0.15, 0.2) is 5.58 Å². The molecule has 10 heteroatoms. The Hall–Kier alpha value is -8.73. The Morgan fingerprint density at radius 2 is 0.921 bits per heavy atom. The van der Waals surface area contributed by atoms with E-state index in [0.29, 0.717) is 33.5 Å². The predicted octanol–water partition coefficient (Wildman–Crippen LogP) is 17.7. The smallest absolute Gasteiger partial charge is 0.349 e. The van der Waals surface area contributed by atoms with Crippen LogP contribution in [0.5, 0.6) is 0 Å². The summed E-state index contributed by atoms with van der Waals surface area (Å²) in [7, 11) is 0. The van der Waals surface area contributed by atoms with Crippen LogP contribution in [0.25, 0.3) is 44.5 Å². The van der Waals surface area contributed by atoms with Crippen LogP contribution in [-0.2, 0) is 0 Å². The number of hydrogen-bond acceptors (Lipinski definition) is 10. The molecule has 0 atom stereocenters. The fraction of sp³-hybridized carbons (Fsp3) is 0.152. The summed E-state index contributed by atoms with van der Waals surface area (Å²) in [6.45, 7) is 20.7. The highest BCUT2D eigenvalue weighted by Gasteiger charge is 2.22. The van der Waals surface area contributed by atoms with E-state index in [4.69, 9.17) is 23.2 Å². The Morgan fingerprint density at radius 3 is 1.43 bits per heavy atom. The first-order chi connectivity index (χ1) is 36.5. The minimum Gasteiger partial charge on any atom is -0.436 e. The third-order valence-corrected chi connectivity index (χ3v) is 15.0. The van der Waals surface area contributed by atoms with Crippen LogP contribution in [0.15, 0.2) is 195 Å². The van der Waals surface area contributed by atoms with Crippen molar-refractivity contribution in [1.82, 2.24) is 4.98 Å². The first-order valence-electron chi connectivity index (χ1n) is 25.3. The van der Waals surface area contributed by atoms with Gasteiger partial charge in [-0.2, -0.15) is 0 Å². The van der Waals surface area contributed by atoms with Gasteiger partial charge in [0, 0.05) is 66.8 Å². The van der Waals surface area contributed by atoms with Crippen molar-refractivity contribution in [3.63, 3.8) is 0 Å².